The first-order valence-electron chi connectivity index (χ1n) is 9.23. The van der Waals surface area contributed by atoms with Crippen LogP contribution in [0.15, 0.2) is 121 Å². The molecule has 0 amide bonds. The van der Waals surface area contributed by atoms with Gasteiger partial charge in [0.1, 0.15) is 0 Å². The van der Waals surface area contributed by atoms with Crippen LogP contribution in [0.2, 0.25) is 0 Å². The number of rotatable bonds is 4. The molecule has 0 aliphatic heterocycles. The van der Waals surface area contributed by atoms with E-state index in [4.69, 9.17) is 0 Å². The van der Waals surface area contributed by atoms with Crippen LogP contribution >= 0.6 is 0 Å². The number of benzene rings is 4. The van der Waals surface area contributed by atoms with E-state index in [9.17, 15) is 0 Å². The summed E-state index contributed by atoms with van der Waals surface area (Å²) in [6.45, 7) is 0. The van der Waals surface area contributed by atoms with Gasteiger partial charge in [0.25, 0.3) is 0 Å². The first kappa shape index (κ1) is 19.5. The Bertz CT molecular complexity index is 884. The fraction of sp³-hybridized carbons (Fsp3) is 0. The molecule has 0 bridgehead atoms. The van der Waals surface area contributed by atoms with Gasteiger partial charge >= 0.3 is 185 Å². The Morgan fingerprint density at radius 1 is 0.321 bits per heavy atom. The summed E-state index contributed by atoms with van der Waals surface area (Å²) < 4.78 is 13.6. The normalized spacial score (nSPS) is 10.5. The topological polar surface area (TPSA) is 0 Å². The zero-order valence-corrected chi connectivity index (χ0v) is 22.4. The molecule has 0 nitrogen and oxygen atoms in total. The van der Waals surface area contributed by atoms with E-state index >= 15 is 0 Å². The van der Waals surface area contributed by atoms with E-state index in [1.807, 2.05) is 0 Å². The third-order valence-electron chi connectivity index (χ3n) is 4.33. The summed E-state index contributed by atoms with van der Waals surface area (Å²) in [5, 5.41) is 0. The molecule has 0 radical (unpaired) electrons. The van der Waals surface area contributed by atoms with Crippen molar-refractivity contribution in [2.24, 2.45) is 0 Å². The van der Waals surface area contributed by atoms with Crippen LogP contribution in [-0.2, 0) is 0 Å². The third kappa shape index (κ3) is 4.97. The van der Waals surface area contributed by atoms with Crippen LogP contribution in [-0.4, -0.2) is 43.5 Å². The van der Waals surface area contributed by atoms with Crippen LogP contribution in [0.3, 0.4) is 0 Å². The molecule has 0 spiro atoms. The van der Waals surface area contributed by atoms with E-state index in [2.05, 4.69) is 129 Å². The fourth-order valence-electron chi connectivity index (χ4n) is 2.96. The number of hydrogen-bond donors (Lipinski definition) is 0. The zero-order chi connectivity index (χ0) is 19.0. The molecule has 0 saturated carbocycles. The second kappa shape index (κ2) is 10.1. The van der Waals surface area contributed by atoms with Crippen molar-refractivity contribution in [3.63, 3.8) is 0 Å². The van der Waals surface area contributed by atoms with E-state index in [0.29, 0.717) is 0 Å². The summed E-state index contributed by atoms with van der Waals surface area (Å²) in [5.74, 6) is 0. The number of hydrogen-bond acceptors (Lipinski definition) is 0. The average molecular weight is 750 g/mol. The van der Waals surface area contributed by atoms with E-state index in [1.54, 1.807) is 0 Å². The summed E-state index contributed by atoms with van der Waals surface area (Å²) >= 11 is -4.68. The molecule has 0 aliphatic rings. The Morgan fingerprint density at radius 3 is 0.750 bits per heavy atom. The molecule has 0 saturated heterocycles. The minimum atomic E-state index is -2.34. The first-order chi connectivity index (χ1) is 13.9. The molecule has 0 atom stereocenters. The molecule has 0 aliphatic carbocycles. The van der Waals surface area contributed by atoms with Crippen LogP contribution < -0.4 is 13.1 Å². The second-order valence-corrected chi connectivity index (χ2v) is 21.2. The van der Waals surface area contributed by atoms with Gasteiger partial charge < -0.3 is 0 Å². The summed E-state index contributed by atoms with van der Waals surface area (Å²) in [6, 6.07) is 43.8. The third-order valence-corrected chi connectivity index (χ3v) is 22.5. The Hall–Kier alpha value is -1.79. The van der Waals surface area contributed by atoms with Crippen molar-refractivity contribution in [3.05, 3.63) is 121 Å². The molecule has 0 aromatic heterocycles. The van der Waals surface area contributed by atoms with Gasteiger partial charge in [0, 0.05) is 0 Å². The van der Waals surface area contributed by atoms with Gasteiger partial charge in [0.2, 0.25) is 0 Å². The Kier molecular flexibility index (Phi) is 7.05. The summed E-state index contributed by atoms with van der Waals surface area (Å²) in [5.41, 5.74) is 0. The van der Waals surface area contributed by atoms with Gasteiger partial charge in [0.05, 0.1) is 0 Å². The minimum absolute atomic E-state index is 1.46. The van der Waals surface area contributed by atoms with Gasteiger partial charge in [0.15, 0.2) is 0 Å². The Balaban J connectivity index is 1.78. The fourth-order valence-corrected chi connectivity index (χ4v) is 22.2. The molecule has 28 heavy (non-hydrogen) atoms. The van der Waals surface area contributed by atoms with Crippen molar-refractivity contribution < 1.29 is 0 Å². The van der Waals surface area contributed by atoms with Crippen LogP contribution in [0.4, 0.5) is 0 Å². The second-order valence-electron chi connectivity index (χ2n) is 6.24. The molecule has 0 unspecified atom stereocenters. The van der Waals surface area contributed by atoms with Gasteiger partial charge in [-0.15, -0.1) is 0 Å². The van der Waals surface area contributed by atoms with Gasteiger partial charge in [-0.2, -0.15) is 0 Å². The van der Waals surface area contributed by atoms with E-state index in [-0.39, 0.29) is 0 Å². The Morgan fingerprint density at radius 2 is 0.536 bits per heavy atom. The first-order valence-corrected chi connectivity index (χ1v) is 19.7. The molecular weight excluding hydrogens is 730 g/mol. The van der Waals surface area contributed by atoms with Crippen LogP contribution in [0, 0.1) is 7.26 Å². The SMILES string of the molecule is [C](#[C][Bi]([c]1ccccc1)[c]1ccccc1)[Bi]([c]1ccccc1)[c]1ccccc1. The summed E-state index contributed by atoms with van der Waals surface area (Å²) in [4.78, 5) is 0. The van der Waals surface area contributed by atoms with Gasteiger partial charge in [-0.25, -0.2) is 0 Å². The van der Waals surface area contributed by atoms with Gasteiger partial charge in [-0.05, 0) is 0 Å². The molecule has 0 fully saturated rings. The molecule has 2 heteroatoms. The van der Waals surface area contributed by atoms with Crippen molar-refractivity contribution in [1.82, 2.24) is 0 Å². The Labute approximate surface area is 183 Å². The van der Waals surface area contributed by atoms with Crippen molar-refractivity contribution in [2.45, 2.75) is 0 Å². The molecule has 4 rings (SSSR count). The molecule has 4 aromatic carbocycles. The molecule has 0 N–H and O–H groups in total. The van der Waals surface area contributed by atoms with Gasteiger partial charge in [-0.3, -0.25) is 0 Å². The van der Waals surface area contributed by atoms with E-state index < -0.39 is 43.5 Å². The van der Waals surface area contributed by atoms with Crippen LogP contribution in [0.5, 0.6) is 0 Å². The van der Waals surface area contributed by atoms with E-state index in [0.717, 1.165) is 0 Å². The van der Waals surface area contributed by atoms with Gasteiger partial charge in [-0.1, -0.05) is 0 Å². The molecule has 4 aromatic rings. The summed E-state index contributed by atoms with van der Waals surface area (Å²) in [7, 11) is 0. The average Bonchev–Trinajstić information content (AvgIpc) is 2.79. The van der Waals surface area contributed by atoms with Crippen molar-refractivity contribution in [3.8, 4) is 7.26 Å². The van der Waals surface area contributed by atoms with Crippen LogP contribution in [0.25, 0.3) is 0 Å². The van der Waals surface area contributed by atoms with E-state index in [1.165, 1.54) is 13.1 Å². The predicted molar refractivity (Wildman–Crippen MR) is 124 cm³/mol. The quantitative estimate of drug-likeness (QED) is 0.223. The molecule has 134 valence electrons. The molecule has 0 heterocycles. The monoisotopic (exact) mass is 750 g/mol. The maximum atomic E-state index is 3.89. The van der Waals surface area contributed by atoms with Crippen molar-refractivity contribution in [2.75, 3.05) is 0 Å². The maximum absolute atomic E-state index is 3.89. The van der Waals surface area contributed by atoms with Crippen molar-refractivity contribution in [1.29, 1.82) is 0 Å². The van der Waals surface area contributed by atoms with Crippen LogP contribution in [0.1, 0.15) is 0 Å². The predicted octanol–water partition coefficient (Wildman–Crippen LogP) is 2.69. The van der Waals surface area contributed by atoms with Crippen molar-refractivity contribution >= 4 is 56.6 Å². The summed E-state index contributed by atoms with van der Waals surface area (Å²) in [6.07, 6.45) is 0. The standard InChI is InChI=1S/4C6H5.C2.2Bi/c4*1-2-4-6-5-3-1;1-2;;/h4*1-5H;;;. The zero-order valence-electron chi connectivity index (χ0n) is 15.4. The molecular formula is C26H20Bi2.